The van der Waals surface area contributed by atoms with Crippen LogP contribution in [-0.2, 0) is 6.61 Å². The average Bonchev–Trinajstić information content (AvgIpc) is 3.10. The Balaban J connectivity index is 2.11. The quantitative estimate of drug-likeness (QED) is 0.738. The Labute approximate surface area is 152 Å². The highest BCUT2D eigenvalue weighted by molar-refractivity contribution is 6.32. The van der Waals surface area contributed by atoms with Crippen LogP contribution in [0.1, 0.15) is 16.3 Å². The number of hydrogen-bond donors (Lipinski definition) is 2. The van der Waals surface area contributed by atoms with Gasteiger partial charge in [-0.25, -0.2) is 4.79 Å². The van der Waals surface area contributed by atoms with Crippen molar-refractivity contribution in [2.75, 3.05) is 5.32 Å². The van der Waals surface area contributed by atoms with Gasteiger partial charge in [0.05, 0.1) is 5.02 Å². The van der Waals surface area contributed by atoms with E-state index in [1.165, 1.54) is 30.3 Å². The van der Waals surface area contributed by atoms with Gasteiger partial charge in [-0.05, 0) is 30.3 Å². The number of carboxylic acid groups (broad SMARTS) is 1. The van der Waals surface area contributed by atoms with E-state index in [-0.39, 0.29) is 28.7 Å². The Bertz CT molecular complexity index is 989. The normalized spacial score (nSPS) is 9.31. The number of nitrogens with one attached hydrogen (secondary N) is 1. The highest BCUT2D eigenvalue weighted by atomic mass is 35.5. The Kier molecular flexibility index (Phi) is 5.84. The number of nitrogens with zero attached hydrogens (tertiary/aromatic N) is 3. The molecule has 0 fully saturated rings. The maximum atomic E-state index is 10.8. The van der Waals surface area contributed by atoms with Crippen molar-refractivity contribution in [1.29, 1.82) is 15.8 Å². The van der Waals surface area contributed by atoms with Crippen LogP contribution in [0.15, 0.2) is 46.0 Å². The zero-order valence-electron chi connectivity index (χ0n) is 13.0. The van der Waals surface area contributed by atoms with E-state index in [4.69, 9.17) is 41.6 Å². The van der Waals surface area contributed by atoms with Crippen LogP contribution in [-0.4, -0.2) is 11.1 Å². The summed E-state index contributed by atoms with van der Waals surface area (Å²) in [6.45, 7) is -0.0316. The van der Waals surface area contributed by atoms with Gasteiger partial charge in [-0.1, -0.05) is 11.6 Å². The summed E-state index contributed by atoms with van der Waals surface area (Å²) < 4.78 is 10.5. The van der Waals surface area contributed by atoms with Crippen LogP contribution in [0.3, 0.4) is 0 Å². The molecule has 0 aliphatic carbocycles. The number of allylic oxidation sites excluding steroid dienone is 2. The first-order chi connectivity index (χ1) is 12.5. The van der Waals surface area contributed by atoms with Crippen LogP contribution in [0, 0.1) is 34.0 Å². The van der Waals surface area contributed by atoms with Crippen molar-refractivity contribution in [3.05, 3.63) is 58.1 Å². The topological polar surface area (TPSA) is 143 Å². The minimum Gasteiger partial charge on any atom is -0.484 e. The van der Waals surface area contributed by atoms with Crippen LogP contribution in [0.4, 0.5) is 5.69 Å². The molecule has 0 atom stereocenters. The summed E-state index contributed by atoms with van der Waals surface area (Å²) >= 11 is 6.11. The molecular weight excluding hydrogens is 360 g/mol. The van der Waals surface area contributed by atoms with Gasteiger partial charge in [0, 0.05) is 5.69 Å². The number of carboxylic acids is 1. The SMILES string of the molecule is N#CC(C#N)=C(C#N)Nc1ccc(OCc2ccc(C(=O)O)o2)c(Cl)c1. The average molecular weight is 369 g/mol. The number of furan rings is 1. The van der Waals surface area contributed by atoms with Gasteiger partial charge in [0.25, 0.3) is 0 Å². The monoisotopic (exact) mass is 368 g/mol. The first kappa shape index (κ1) is 18.4. The van der Waals surface area contributed by atoms with E-state index in [0.29, 0.717) is 17.2 Å². The van der Waals surface area contributed by atoms with E-state index in [2.05, 4.69) is 5.32 Å². The standard InChI is InChI=1S/C17H9ClN4O4/c18-13-5-11(22-14(8-21)10(6-19)7-20)1-3-15(13)25-9-12-2-4-16(26-12)17(23)24/h1-5,22H,9H2,(H,23,24). The van der Waals surface area contributed by atoms with Gasteiger partial charge in [0.15, 0.2) is 5.57 Å². The highest BCUT2D eigenvalue weighted by Crippen LogP contribution is 2.29. The summed E-state index contributed by atoms with van der Waals surface area (Å²) in [5.74, 6) is -0.771. The van der Waals surface area contributed by atoms with Crippen molar-refractivity contribution in [2.24, 2.45) is 0 Å². The Morgan fingerprint density at radius 2 is 1.92 bits per heavy atom. The Morgan fingerprint density at radius 3 is 2.46 bits per heavy atom. The van der Waals surface area contributed by atoms with Crippen LogP contribution < -0.4 is 10.1 Å². The largest absolute Gasteiger partial charge is 0.484 e. The van der Waals surface area contributed by atoms with Gasteiger partial charge in [-0.2, -0.15) is 15.8 Å². The maximum Gasteiger partial charge on any atom is 0.371 e. The molecule has 0 aliphatic heterocycles. The van der Waals surface area contributed by atoms with E-state index in [9.17, 15) is 4.79 Å². The molecule has 0 aliphatic rings. The first-order valence-electron chi connectivity index (χ1n) is 6.94. The molecule has 9 heteroatoms. The molecule has 2 rings (SSSR count). The molecule has 0 bridgehead atoms. The molecule has 0 radical (unpaired) electrons. The van der Waals surface area contributed by atoms with Crippen LogP contribution in [0.5, 0.6) is 5.75 Å². The predicted octanol–water partition coefficient (Wildman–Crippen LogP) is 3.45. The lowest BCUT2D eigenvalue weighted by Gasteiger charge is -2.09. The molecule has 26 heavy (non-hydrogen) atoms. The molecule has 0 spiro atoms. The smallest absolute Gasteiger partial charge is 0.371 e. The fourth-order valence-electron chi connectivity index (χ4n) is 1.84. The van der Waals surface area contributed by atoms with Gasteiger partial charge < -0.3 is 19.6 Å². The fraction of sp³-hybridized carbons (Fsp3) is 0.0588. The third-order valence-electron chi connectivity index (χ3n) is 3.03. The van der Waals surface area contributed by atoms with E-state index >= 15 is 0 Å². The number of nitriles is 3. The van der Waals surface area contributed by atoms with E-state index in [0.717, 1.165) is 0 Å². The maximum absolute atomic E-state index is 10.8. The van der Waals surface area contributed by atoms with E-state index in [1.807, 2.05) is 0 Å². The van der Waals surface area contributed by atoms with Crippen molar-refractivity contribution in [2.45, 2.75) is 6.61 Å². The number of ether oxygens (including phenoxy) is 1. The predicted molar refractivity (Wildman–Crippen MR) is 88.9 cm³/mol. The van der Waals surface area contributed by atoms with Crippen LogP contribution >= 0.6 is 11.6 Å². The van der Waals surface area contributed by atoms with Crippen molar-refractivity contribution in [3.63, 3.8) is 0 Å². The van der Waals surface area contributed by atoms with Gasteiger partial charge in [-0.15, -0.1) is 0 Å². The zero-order chi connectivity index (χ0) is 19.1. The Morgan fingerprint density at radius 1 is 1.19 bits per heavy atom. The molecular formula is C17H9ClN4O4. The molecule has 8 nitrogen and oxygen atoms in total. The zero-order valence-corrected chi connectivity index (χ0v) is 13.7. The number of carbonyl (C=O) groups is 1. The number of aromatic carboxylic acids is 1. The van der Waals surface area contributed by atoms with Crippen LogP contribution in [0.2, 0.25) is 5.02 Å². The lowest BCUT2D eigenvalue weighted by atomic mass is 10.2. The molecule has 2 aromatic rings. The summed E-state index contributed by atoms with van der Waals surface area (Å²) in [5.41, 5.74) is -0.166. The Hall–Kier alpha value is -3.93. The third-order valence-corrected chi connectivity index (χ3v) is 3.32. The second-order valence-electron chi connectivity index (χ2n) is 4.72. The molecule has 0 saturated heterocycles. The number of hydrogen-bond acceptors (Lipinski definition) is 7. The molecule has 128 valence electrons. The minimum atomic E-state index is -1.18. The van der Waals surface area contributed by atoms with Gasteiger partial charge in [0.1, 0.15) is 42.0 Å². The van der Waals surface area contributed by atoms with Crippen molar-refractivity contribution in [1.82, 2.24) is 0 Å². The minimum absolute atomic E-state index is 0.0316. The number of halogens is 1. The van der Waals surface area contributed by atoms with E-state index in [1.54, 1.807) is 18.2 Å². The molecule has 1 aromatic heterocycles. The lowest BCUT2D eigenvalue weighted by molar-refractivity contribution is 0.0658. The first-order valence-corrected chi connectivity index (χ1v) is 7.32. The molecule has 1 aromatic carbocycles. The van der Waals surface area contributed by atoms with Crippen molar-refractivity contribution < 1.29 is 19.1 Å². The second-order valence-corrected chi connectivity index (χ2v) is 5.12. The fourth-order valence-corrected chi connectivity index (χ4v) is 2.08. The molecule has 2 N–H and O–H groups in total. The van der Waals surface area contributed by atoms with E-state index < -0.39 is 5.97 Å². The molecule has 0 amide bonds. The van der Waals surface area contributed by atoms with Crippen molar-refractivity contribution in [3.8, 4) is 24.0 Å². The van der Waals surface area contributed by atoms with Gasteiger partial charge in [0.2, 0.25) is 5.76 Å². The lowest BCUT2D eigenvalue weighted by Crippen LogP contribution is -2.01. The highest BCUT2D eigenvalue weighted by Gasteiger charge is 2.11. The van der Waals surface area contributed by atoms with Crippen LogP contribution in [0.25, 0.3) is 0 Å². The number of rotatable bonds is 6. The summed E-state index contributed by atoms with van der Waals surface area (Å²) in [4.78, 5) is 10.8. The summed E-state index contributed by atoms with van der Waals surface area (Å²) in [6.07, 6.45) is 0. The second kappa shape index (κ2) is 8.25. The molecule has 0 unspecified atom stereocenters. The number of anilines is 1. The summed E-state index contributed by atoms with van der Waals surface area (Å²) in [5, 5.41) is 38.3. The van der Waals surface area contributed by atoms with Gasteiger partial charge >= 0.3 is 5.97 Å². The summed E-state index contributed by atoms with van der Waals surface area (Å²) in [6, 6.07) is 12.3. The summed E-state index contributed by atoms with van der Waals surface area (Å²) in [7, 11) is 0. The molecule has 1 heterocycles. The number of benzene rings is 1. The van der Waals surface area contributed by atoms with Gasteiger partial charge in [-0.3, -0.25) is 0 Å². The van der Waals surface area contributed by atoms with Crippen molar-refractivity contribution >= 4 is 23.3 Å². The third kappa shape index (κ3) is 4.33. The molecule has 0 saturated carbocycles.